The Bertz CT molecular complexity index is 1190. The Balaban J connectivity index is -0.000000177. The van der Waals surface area contributed by atoms with Gasteiger partial charge in [0, 0.05) is 36.3 Å². The Morgan fingerprint density at radius 2 is 0.573 bits per heavy atom. The van der Waals surface area contributed by atoms with Gasteiger partial charge in [0.15, 0.2) is 0 Å². The van der Waals surface area contributed by atoms with Crippen molar-refractivity contribution >= 4 is 0 Å². The molecule has 0 bridgehead atoms. The lowest BCUT2D eigenvalue weighted by Crippen LogP contribution is -2.43. The first kappa shape index (κ1) is 85.2. The Hall–Kier alpha value is -1.06. The lowest BCUT2D eigenvalue weighted by Gasteiger charge is -2.37. The van der Waals surface area contributed by atoms with E-state index in [1.807, 2.05) is 0 Å². The minimum absolute atomic E-state index is 0.316. The van der Waals surface area contributed by atoms with Crippen LogP contribution in [0.1, 0.15) is 339 Å². The number of hydrogen-bond donors (Lipinski definition) is 0. The minimum atomic E-state index is 0.316. The fourth-order valence-corrected chi connectivity index (χ4v) is 6.24. The number of rotatable bonds is 0. The molecule has 3 aliphatic heterocycles. The molecule has 3 nitrogen and oxygen atoms in total. The average molecular weight is 1060 g/mol. The second-order valence-electron chi connectivity index (χ2n) is 36.1. The summed E-state index contributed by atoms with van der Waals surface area (Å²) in [6.45, 7) is 86.2. The van der Waals surface area contributed by atoms with E-state index in [0.29, 0.717) is 54.5 Å². The summed E-state index contributed by atoms with van der Waals surface area (Å²) in [6.07, 6.45) is 32.9. The van der Waals surface area contributed by atoms with Gasteiger partial charge in [-0.3, -0.25) is 9.80 Å². The van der Waals surface area contributed by atoms with Gasteiger partial charge in [-0.15, -0.1) is 0 Å². The Morgan fingerprint density at radius 3 is 0.720 bits per heavy atom. The molecule has 5 aliphatic rings. The summed E-state index contributed by atoms with van der Waals surface area (Å²) < 4.78 is 0. The highest BCUT2D eigenvalue weighted by Crippen LogP contribution is 2.40. The molecular weight excluding hydrogens is 907 g/mol. The van der Waals surface area contributed by atoms with Crippen LogP contribution in [0.2, 0.25) is 0 Å². The predicted molar refractivity (Wildman–Crippen MR) is 355 cm³/mol. The van der Waals surface area contributed by atoms with Crippen LogP contribution in [-0.2, 0) is 0 Å². The van der Waals surface area contributed by atoms with Crippen molar-refractivity contribution in [3.63, 3.8) is 0 Å². The predicted octanol–water partition coefficient (Wildman–Crippen LogP) is 24.4. The van der Waals surface area contributed by atoms with Crippen molar-refractivity contribution < 1.29 is 0 Å². The van der Waals surface area contributed by atoms with Crippen LogP contribution in [-0.4, -0.2) is 64.0 Å². The van der Waals surface area contributed by atoms with Crippen LogP contribution in [0.3, 0.4) is 0 Å². The molecule has 2 fully saturated rings. The molecule has 0 aromatic carbocycles. The molecule has 0 N–H and O–H groups in total. The first-order valence-corrected chi connectivity index (χ1v) is 31.2. The number of likely N-dealkylation sites (tertiary alicyclic amines) is 1. The van der Waals surface area contributed by atoms with Crippen molar-refractivity contribution in [1.29, 1.82) is 0 Å². The summed E-state index contributed by atoms with van der Waals surface area (Å²) in [7, 11) is 0. The number of nitrogens with zero attached hydrogens (tertiary/aromatic N) is 3. The third kappa shape index (κ3) is 102. The van der Waals surface area contributed by atoms with E-state index in [-0.39, 0.29) is 0 Å². The van der Waals surface area contributed by atoms with Gasteiger partial charge in [0.05, 0.1) is 0 Å². The molecule has 0 aromatic heterocycles. The van der Waals surface area contributed by atoms with Crippen LogP contribution in [0.4, 0.5) is 0 Å². The standard InChI is InChI=1S/C10H21N.2C9H17N.C8H16.C6H10.6C5H12/c1-10(2,3)11-8-6-4-5-7-9-11;2*1-9(2,3)10-7-5-4-6-8-10;1-8(2,3)7-5-4-6-7;1-2-4-6-5-3-1;6*1-5(2,3)4/h4-9H2,1-3H3;5,7H,4,6,8H2,1-3H3;4-5H,6-8H2,1-3H3;7H,4-6H2,1-3H3;1-2H,3-6H2;6*1-4H3. The zero-order valence-electron chi connectivity index (χ0n) is 59.8. The topological polar surface area (TPSA) is 9.72 Å². The normalized spacial score (nSPS) is 17.8. The SMILES string of the molecule is C1=CCCCC1.CC(C)(C)C.CC(C)(C)C.CC(C)(C)C.CC(C)(C)C.CC(C)(C)C.CC(C)(C)C.CC(C)(C)C1CCC1.CC(C)(C)N1C=CCCC1.CC(C)(C)N1CC=CCC1.CC(C)(C)N1CCCCCC1. The van der Waals surface area contributed by atoms with Crippen LogP contribution >= 0.6 is 0 Å². The first-order valence-electron chi connectivity index (χ1n) is 31.2. The molecule has 0 aromatic rings. The van der Waals surface area contributed by atoms with Crippen molar-refractivity contribution in [3.05, 3.63) is 36.6 Å². The second kappa shape index (κ2) is 41.0. The van der Waals surface area contributed by atoms with Crippen LogP contribution in [0.15, 0.2) is 36.6 Å². The van der Waals surface area contributed by atoms with E-state index in [1.54, 1.807) is 0 Å². The number of hydrogen-bond acceptors (Lipinski definition) is 3. The van der Waals surface area contributed by atoms with Gasteiger partial charge in [-0.25, -0.2) is 0 Å². The van der Waals surface area contributed by atoms with Crippen molar-refractivity contribution in [2.24, 2.45) is 43.8 Å². The van der Waals surface area contributed by atoms with E-state index in [9.17, 15) is 0 Å². The maximum Gasteiger partial charge on any atom is 0.0312 e. The molecule has 0 atom stereocenters. The van der Waals surface area contributed by atoms with Gasteiger partial charge in [0.2, 0.25) is 0 Å². The maximum absolute atomic E-state index is 2.61. The smallest absolute Gasteiger partial charge is 0.0312 e. The van der Waals surface area contributed by atoms with E-state index in [0.717, 1.165) is 12.5 Å². The third-order valence-electron chi connectivity index (χ3n) is 9.97. The van der Waals surface area contributed by atoms with Gasteiger partial charge in [0.1, 0.15) is 0 Å². The molecule has 0 spiro atoms. The highest BCUT2D eigenvalue weighted by atomic mass is 15.2. The average Bonchev–Trinajstić information content (AvgIpc) is 3.42. The van der Waals surface area contributed by atoms with Crippen molar-refractivity contribution in [2.75, 3.05) is 32.7 Å². The summed E-state index contributed by atoms with van der Waals surface area (Å²) in [6, 6.07) is 0. The van der Waals surface area contributed by atoms with E-state index in [2.05, 4.69) is 301 Å². The number of allylic oxidation sites excluding steroid dienone is 3. The minimum Gasteiger partial charge on any atom is -0.373 e. The molecule has 5 rings (SSSR count). The quantitative estimate of drug-likeness (QED) is 0.224. The molecule has 1 saturated heterocycles. The Morgan fingerprint density at radius 1 is 0.267 bits per heavy atom. The van der Waals surface area contributed by atoms with Gasteiger partial charge in [-0.05, 0) is 196 Å². The molecule has 2 aliphatic carbocycles. The highest BCUT2D eigenvalue weighted by molar-refractivity contribution is 4.95. The molecular formula is C72H153N3. The summed E-state index contributed by atoms with van der Waals surface area (Å²) in [5, 5.41) is 0. The molecule has 3 heteroatoms. The highest BCUT2D eigenvalue weighted by Gasteiger charge is 2.29. The van der Waals surface area contributed by atoms with Gasteiger partial charge in [0.25, 0.3) is 0 Å². The largest absolute Gasteiger partial charge is 0.373 e. The Labute approximate surface area is 481 Å². The molecule has 0 unspecified atom stereocenters. The summed E-state index contributed by atoms with van der Waals surface area (Å²) in [5.41, 5.74) is 4.66. The van der Waals surface area contributed by atoms with Gasteiger partial charge in [-0.1, -0.05) is 237 Å². The first-order chi connectivity index (χ1) is 32.9. The van der Waals surface area contributed by atoms with Gasteiger partial charge in [-0.2, -0.15) is 0 Å². The summed E-state index contributed by atoms with van der Waals surface area (Å²) >= 11 is 0. The van der Waals surface area contributed by atoms with Crippen molar-refractivity contribution in [2.45, 2.75) is 356 Å². The molecule has 1 saturated carbocycles. The lowest BCUT2D eigenvalue weighted by molar-refractivity contribution is 0.141. The van der Waals surface area contributed by atoms with Crippen LogP contribution in [0.5, 0.6) is 0 Å². The van der Waals surface area contributed by atoms with Crippen molar-refractivity contribution in [3.8, 4) is 0 Å². The second-order valence-corrected chi connectivity index (χ2v) is 36.1. The molecule has 0 amide bonds. The summed E-state index contributed by atoms with van der Waals surface area (Å²) in [5.74, 6) is 1.03. The summed E-state index contributed by atoms with van der Waals surface area (Å²) in [4.78, 5) is 7.50. The Kier molecular flexibility index (Phi) is 46.6. The monoisotopic (exact) mass is 1060 g/mol. The van der Waals surface area contributed by atoms with Crippen LogP contribution in [0, 0.1) is 43.8 Å². The molecule has 456 valence electrons. The fraction of sp³-hybridized carbons (Fsp3) is 0.917. The molecule has 3 heterocycles. The maximum atomic E-state index is 2.61. The molecule has 0 radical (unpaired) electrons. The third-order valence-corrected chi connectivity index (χ3v) is 9.97. The zero-order chi connectivity index (χ0) is 61.0. The van der Waals surface area contributed by atoms with Crippen molar-refractivity contribution in [1.82, 2.24) is 14.7 Å². The van der Waals surface area contributed by atoms with Gasteiger partial charge >= 0.3 is 0 Å². The van der Waals surface area contributed by atoms with E-state index in [4.69, 9.17) is 0 Å². The van der Waals surface area contributed by atoms with E-state index >= 15 is 0 Å². The molecule has 75 heavy (non-hydrogen) atoms. The van der Waals surface area contributed by atoms with E-state index < -0.39 is 0 Å². The van der Waals surface area contributed by atoms with E-state index in [1.165, 1.54) is 116 Å². The van der Waals surface area contributed by atoms with Crippen LogP contribution in [0.25, 0.3) is 0 Å². The van der Waals surface area contributed by atoms with Crippen LogP contribution < -0.4 is 0 Å². The fourth-order valence-electron chi connectivity index (χ4n) is 6.24. The lowest BCUT2D eigenvalue weighted by atomic mass is 9.69. The van der Waals surface area contributed by atoms with Gasteiger partial charge < -0.3 is 4.90 Å². The zero-order valence-corrected chi connectivity index (χ0v) is 59.8.